The van der Waals surface area contributed by atoms with Crippen molar-refractivity contribution in [3.63, 3.8) is 0 Å². The molecule has 0 radical (unpaired) electrons. The van der Waals surface area contributed by atoms with Gasteiger partial charge in [0.2, 0.25) is 0 Å². The smallest absolute Gasteiger partial charge is 0.126 e. The highest BCUT2D eigenvalue weighted by Gasteiger charge is 2.06. The number of hydrogen-bond donors (Lipinski definition) is 1. The molecule has 0 saturated heterocycles. The Morgan fingerprint density at radius 3 is 2.63 bits per heavy atom. The molecule has 1 aromatic heterocycles. The molecule has 19 heavy (non-hydrogen) atoms. The minimum atomic E-state index is -0.120. The predicted octanol–water partition coefficient (Wildman–Crippen LogP) is 2.98. The fourth-order valence-corrected chi connectivity index (χ4v) is 2.08. The second-order valence-corrected chi connectivity index (χ2v) is 4.76. The zero-order chi connectivity index (χ0) is 13.5. The van der Waals surface area contributed by atoms with Gasteiger partial charge in [-0.3, -0.25) is 4.98 Å². The molecule has 0 bridgehead atoms. The van der Waals surface area contributed by atoms with E-state index in [4.69, 9.17) is 0 Å². The molecule has 0 saturated carbocycles. The molecule has 0 amide bonds. The van der Waals surface area contributed by atoms with Gasteiger partial charge in [-0.2, -0.15) is 0 Å². The van der Waals surface area contributed by atoms with Crippen LogP contribution < -0.4 is 5.32 Å². The van der Waals surface area contributed by atoms with Crippen LogP contribution >= 0.6 is 0 Å². The van der Waals surface area contributed by atoms with Crippen LogP contribution in [0.5, 0.6) is 0 Å². The third-order valence-corrected chi connectivity index (χ3v) is 3.14. The molecular weight excluding hydrogens is 239 g/mol. The summed E-state index contributed by atoms with van der Waals surface area (Å²) in [6.07, 6.45) is 5.28. The third kappa shape index (κ3) is 4.45. The first-order valence-corrected chi connectivity index (χ1v) is 6.61. The molecule has 0 spiro atoms. The van der Waals surface area contributed by atoms with Gasteiger partial charge in [0.15, 0.2) is 0 Å². The molecule has 1 unspecified atom stereocenters. The lowest BCUT2D eigenvalue weighted by Crippen LogP contribution is -2.30. The van der Waals surface area contributed by atoms with Crippen LogP contribution in [0.1, 0.15) is 18.1 Å². The maximum atomic E-state index is 13.5. The molecule has 0 aliphatic carbocycles. The van der Waals surface area contributed by atoms with Gasteiger partial charge in [-0.25, -0.2) is 4.39 Å². The van der Waals surface area contributed by atoms with Crippen molar-refractivity contribution in [3.8, 4) is 0 Å². The van der Waals surface area contributed by atoms with E-state index in [9.17, 15) is 4.39 Å². The number of pyridine rings is 1. The molecule has 100 valence electrons. The highest BCUT2D eigenvalue weighted by molar-refractivity contribution is 5.18. The van der Waals surface area contributed by atoms with E-state index in [0.717, 1.165) is 18.5 Å². The van der Waals surface area contributed by atoms with Gasteiger partial charge in [-0.15, -0.1) is 0 Å². The average Bonchev–Trinajstić information content (AvgIpc) is 2.43. The van der Waals surface area contributed by atoms with E-state index in [1.807, 2.05) is 24.3 Å². The van der Waals surface area contributed by atoms with Gasteiger partial charge in [0.1, 0.15) is 5.82 Å². The first-order valence-electron chi connectivity index (χ1n) is 6.61. The Labute approximate surface area is 113 Å². The molecule has 1 aromatic carbocycles. The lowest BCUT2D eigenvalue weighted by molar-refractivity contribution is 0.528. The summed E-state index contributed by atoms with van der Waals surface area (Å²) in [6, 6.07) is 11.3. The largest absolute Gasteiger partial charge is 0.314 e. The molecule has 0 aliphatic rings. The molecule has 1 N–H and O–H groups in total. The molecule has 2 nitrogen and oxygen atoms in total. The van der Waals surface area contributed by atoms with Gasteiger partial charge in [0.25, 0.3) is 0 Å². The summed E-state index contributed by atoms with van der Waals surface area (Å²) >= 11 is 0. The lowest BCUT2D eigenvalue weighted by Gasteiger charge is -2.14. The van der Waals surface area contributed by atoms with Crippen LogP contribution in [0.4, 0.5) is 4.39 Å². The number of hydrogen-bond acceptors (Lipinski definition) is 2. The highest BCUT2D eigenvalue weighted by atomic mass is 19.1. The van der Waals surface area contributed by atoms with Gasteiger partial charge in [-0.1, -0.05) is 18.2 Å². The van der Waals surface area contributed by atoms with Gasteiger partial charge >= 0.3 is 0 Å². The number of halogens is 1. The van der Waals surface area contributed by atoms with Crippen molar-refractivity contribution in [1.29, 1.82) is 0 Å². The van der Waals surface area contributed by atoms with Crippen LogP contribution in [-0.2, 0) is 12.8 Å². The van der Waals surface area contributed by atoms with E-state index in [2.05, 4.69) is 17.2 Å². The summed E-state index contributed by atoms with van der Waals surface area (Å²) in [5, 5.41) is 3.42. The van der Waals surface area contributed by atoms with E-state index in [0.29, 0.717) is 6.42 Å². The van der Waals surface area contributed by atoms with E-state index < -0.39 is 0 Å². The Balaban J connectivity index is 1.76. The second kappa shape index (κ2) is 7.00. The standard InChI is InChI=1S/C16H19FN2/c1-13(12-15-4-2-3-5-16(15)17)19-11-8-14-6-9-18-10-7-14/h2-7,9-10,13,19H,8,11-12H2,1H3. The lowest BCUT2D eigenvalue weighted by atomic mass is 10.1. The topological polar surface area (TPSA) is 24.9 Å². The summed E-state index contributed by atoms with van der Waals surface area (Å²) in [6.45, 7) is 2.97. The molecule has 2 rings (SSSR count). The summed E-state index contributed by atoms with van der Waals surface area (Å²) < 4.78 is 13.5. The molecular formula is C16H19FN2. The number of benzene rings is 1. The number of nitrogens with zero attached hydrogens (tertiary/aromatic N) is 1. The van der Waals surface area contributed by atoms with Gasteiger partial charge in [-0.05, 0) is 55.6 Å². The Morgan fingerprint density at radius 1 is 1.16 bits per heavy atom. The van der Waals surface area contributed by atoms with E-state index in [1.54, 1.807) is 18.5 Å². The minimum Gasteiger partial charge on any atom is -0.314 e. The van der Waals surface area contributed by atoms with Crippen molar-refractivity contribution in [2.45, 2.75) is 25.8 Å². The Bertz CT molecular complexity index is 499. The fraction of sp³-hybridized carbons (Fsp3) is 0.312. The van der Waals surface area contributed by atoms with Crippen molar-refractivity contribution in [1.82, 2.24) is 10.3 Å². The van der Waals surface area contributed by atoms with Crippen molar-refractivity contribution in [3.05, 3.63) is 65.7 Å². The molecule has 2 aromatic rings. The first kappa shape index (κ1) is 13.7. The summed E-state index contributed by atoms with van der Waals surface area (Å²) in [7, 11) is 0. The predicted molar refractivity (Wildman–Crippen MR) is 75.5 cm³/mol. The maximum Gasteiger partial charge on any atom is 0.126 e. The number of rotatable bonds is 6. The molecule has 1 heterocycles. The third-order valence-electron chi connectivity index (χ3n) is 3.14. The van der Waals surface area contributed by atoms with Gasteiger partial charge < -0.3 is 5.32 Å². The first-order chi connectivity index (χ1) is 9.25. The molecule has 0 aliphatic heterocycles. The number of aromatic nitrogens is 1. The van der Waals surface area contributed by atoms with E-state index >= 15 is 0 Å². The number of nitrogens with one attached hydrogen (secondary N) is 1. The molecule has 1 atom stereocenters. The van der Waals surface area contributed by atoms with E-state index in [1.165, 1.54) is 11.6 Å². The monoisotopic (exact) mass is 258 g/mol. The normalized spacial score (nSPS) is 12.3. The van der Waals surface area contributed by atoms with Crippen molar-refractivity contribution in [2.75, 3.05) is 6.54 Å². The van der Waals surface area contributed by atoms with Crippen LogP contribution in [-0.4, -0.2) is 17.6 Å². The molecule has 3 heteroatoms. The average molecular weight is 258 g/mol. The van der Waals surface area contributed by atoms with Crippen LogP contribution in [0.25, 0.3) is 0 Å². The minimum absolute atomic E-state index is 0.120. The van der Waals surface area contributed by atoms with Crippen LogP contribution in [0, 0.1) is 5.82 Å². The summed E-state index contributed by atoms with van der Waals surface area (Å²) in [4.78, 5) is 3.99. The Morgan fingerprint density at radius 2 is 1.89 bits per heavy atom. The molecule has 0 fully saturated rings. The van der Waals surface area contributed by atoms with Crippen LogP contribution in [0.2, 0.25) is 0 Å². The summed E-state index contributed by atoms with van der Waals surface area (Å²) in [5.41, 5.74) is 2.03. The SMILES string of the molecule is CC(Cc1ccccc1F)NCCc1ccncc1. The maximum absolute atomic E-state index is 13.5. The highest BCUT2D eigenvalue weighted by Crippen LogP contribution is 2.09. The van der Waals surface area contributed by atoms with Crippen LogP contribution in [0.3, 0.4) is 0 Å². The zero-order valence-corrected chi connectivity index (χ0v) is 11.1. The van der Waals surface area contributed by atoms with Gasteiger partial charge in [0, 0.05) is 18.4 Å². The quantitative estimate of drug-likeness (QED) is 0.861. The Hall–Kier alpha value is -1.74. The van der Waals surface area contributed by atoms with Crippen molar-refractivity contribution in [2.24, 2.45) is 0 Å². The van der Waals surface area contributed by atoms with Crippen molar-refractivity contribution >= 4 is 0 Å². The second-order valence-electron chi connectivity index (χ2n) is 4.76. The fourth-order valence-electron chi connectivity index (χ4n) is 2.08. The van der Waals surface area contributed by atoms with Gasteiger partial charge in [0.05, 0.1) is 0 Å². The van der Waals surface area contributed by atoms with Crippen LogP contribution in [0.15, 0.2) is 48.8 Å². The van der Waals surface area contributed by atoms with Crippen molar-refractivity contribution < 1.29 is 4.39 Å². The summed E-state index contributed by atoms with van der Waals surface area (Å²) in [5.74, 6) is -0.120. The Kier molecular flexibility index (Phi) is 5.04. The zero-order valence-electron chi connectivity index (χ0n) is 11.1. The van der Waals surface area contributed by atoms with E-state index in [-0.39, 0.29) is 11.9 Å².